The maximum Gasteiger partial charge on any atom is 0.326 e. The number of piperazine rings is 1. The lowest BCUT2D eigenvalue weighted by Gasteiger charge is -2.36. The third-order valence-corrected chi connectivity index (χ3v) is 4.85. The van der Waals surface area contributed by atoms with Gasteiger partial charge in [0, 0.05) is 30.6 Å². The highest BCUT2D eigenvalue weighted by molar-refractivity contribution is 6.41. The van der Waals surface area contributed by atoms with Crippen molar-refractivity contribution in [2.75, 3.05) is 18.0 Å². The van der Waals surface area contributed by atoms with Crippen molar-refractivity contribution in [3.05, 3.63) is 69.2 Å². The van der Waals surface area contributed by atoms with Gasteiger partial charge in [-0.3, -0.25) is 24.6 Å². The highest BCUT2D eigenvalue weighted by atomic mass is 35.5. The third kappa shape index (κ3) is 4.19. The summed E-state index contributed by atoms with van der Waals surface area (Å²) in [5, 5.41) is 21.0. The summed E-state index contributed by atoms with van der Waals surface area (Å²) >= 11 is 5.90. The van der Waals surface area contributed by atoms with E-state index >= 15 is 0 Å². The molecule has 1 heterocycles. The second kappa shape index (κ2) is 8.27. The molecule has 0 spiro atoms. The Bertz CT molecular complexity index is 981. The van der Waals surface area contributed by atoms with E-state index in [9.17, 15) is 29.6 Å². The van der Waals surface area contributed by atoms with Gasteiger partial charge in [-0.1, -0.05) is 41.9 Å². The van der Waals surface area contributed by atoms with Crippen LogP contribution in [0, 0.1) is 10.1 Å². The van der Waals surface area contributed by atoms with Crippen LogP contribution in [0.2, 0.25) is 5.02 Å². The van der Waals surface area contributed by atoms with Crippen molar-refractivity contribution in [3.63, 3.8) is 0 Å². The molecule has 0 aromatic heterocycles. The second-order valence-corrected chi connectivity index (χ2v) is 6.83. The van der Waals surface area contributed by atoms with Gasteiger partial charge >= 0.3 is 17.8 Å². The van der Waals surface area contributed by atoms with Crippen LogP contribution in [0.15, 0.2) is 48.5 Å². The first-order valence-electron chi connectivity index (χ1n) is 8.62. The Morgan fingerprint density at radius 3 is 2.45 bits per heavy atom. The first-order chi connectivity index (χ1) is 13.8. The smallest absolute Gasteiger partial charge is 0.326 e. The summed E-state index contributed by atoms with van der Waals surface area (Å²) in [6.07, 6.45) is 0.0342. The maximum absolute atomic E-state index is 12.7. The van der Waals surface area contributed by atoms with Crippen molar-refractivity contribution < 1.29 is 24.4 Å². The number of hydrogen-bond donors (Lipinski definition) is 1. The fourth-order valence-electron chi connectivity index (χ4n) is 3.21. The Kier molecular flexibility index (Phi) is 5.79. The van der Waals surface area contributed by atoms with E-state index in [-0.39, 0.29) is 35.9 Å². The molecule has 1 N–H and O–H groups in total. The summed E-state index contributed by atoms with van der Waals surface area (Å²) in [7, 11) is 0. The molecule has 0 saturated carbocycles. The van der Waals surface area contributed by atoms with E-state index in [0.717, 1.165) is 15.9 Å². The van der Waals surface area contributed by atoms with Crippen LogP contribution in [-0.4, -0.2) is 51.8 Å². The Morgan fingerprint density at radius 2 is 1.83 bits per heavy atom. The molecular weight excluding hydrogens is 402 g/mol. The Hall–Kier alpha value is -3.46. The van der Waals surface area contributed by atoms with Crippen molar-refractivity contribution in [3.8, 4) is 0 Å². The number of hydrogen-bond acceptors (Lipinski definition) is 5. The number of halogens is 1. The van der Waals surface area contributed by atoms with E-state index in [1.54, 1.807) is 30.3 Å². The normalized spacial score (nSPS) is 15.3. The summed E-state index contributed by atoms with van der Waals surface area (Å²) in [6.45, 7) is -0.178. The Morgan fingerprint density at radius 1 is 1.14 bits per heavy atom. The summed E-state index contributed by atoms with van der Waals surface area (Å²) in [5.41, 5.74) is 0.228. The molecule has 1 aliphatic heterocycles. The Balaban J connectivity index is 1.87. The van der Waals surface area contributed by atoms with E-state index < -0.39 is 28.7 Å². The first-order valence-corrected chi connectivity index (χ1v) is 9.00. The van der Waals surface area contributed by atoms with Crippen LogP contribution in [0.1, 0.15) is 5.56 Å². The van der Waals surface area contributed by atoms with Crippen LogP contribution in [0.5, 0.6) is 0 Å². The van der Waals surface area contributed by atoms with Crippen LogP contribution in [0.3, 0.4) is 0 Å². The van der Waals surface area contributed by atoms with Crippen LogP contribution in [0.25, 0.3) is 0 Å². The van der Waals surface area contributed by atoms with E-state index in [0.29, 0.717) is 5.56 Å². The summed E-state index contributed by atoms with van der Waals surface area (Å²) in [4.78, 5) is 49.7. The molecule has 1 unspecified atom stereocenters. The topological polar surface area (TPSA) is 121 Å². The predicted molar refractivity (Wildman–Crippen MR) is 104 cm³/mol. The summed E-state index contributed by atoms with van der Waals surface area (Å²) in [5.74, 6) is -3.31. The number of carbonyl (C=O) groups is 3. The molecule has 1 fully saturated rings. The van der Waals surface area contributed by atoms with E-state index in [4.69, 9.17) is 11.6 Å². The molecule has 2 aromatic rings. The molecule has 1 aliphatic rings. The highest BCUT2D eigenvalue weighted by Gasteiger charge is 2.41. The molecule has 29 heavy (non-hydrogen) atoms. The zero-order valence-electron chi connectivity index (χ0n) is 15.0. The van der Waals surface area contributed by atoms with Gasteiger partial charge in [-0.25, -0.2) is 4.79 Å². The van der Waals surface area contributed by atoms with Crippen LogP contribution in [-0.2, 0) is 20.8 Å². The number of anilines is 1. The number of rotatable bonds is 6. The van der Waals surface area contributed by atoms with Crippen molar-refractivity contribution in [1.82, 2.24) is 4.90 Å². The average molecular weight is 418 g/mol. The third-order valence-electron chi connectivity index (χ3n) is 4.61. The fraction of sp³-hybridized carbons (Fsp3) is 0.211. The van der Waals surface area contributed by atoms with Gasteiger partial charge in [0.05, 0.1) is 4.92 Å². The molecule has 0 aliphatic carbocycles. The largest absolute Gasteiger partial charge is 0.480 e. The molecule has 0 radical (unpaired) electrons. The van der Waals surface area contributed by atoms with Gasteiger partial charge in [0.1, 0.15) is 11.7 Å². The number of amides is 2. The van der Waals surface area contributed by atoms with E-state index in [1.165, 1.54) is 12.1 Å². The summed E-state index contributed by atoms with van der Waals surface area (Å²) < 4.78 is 0. The van der Waals surface area contributed by atoms with Crippen molar-refractivity contribution >= 4 is 40.8 Å². The van der Waals surface area contributed by atoms with Gasteiger partial charge in [-0.15, -0.1) is 0 Å². The van der Waals surface area contributed by atoms with Crippen LogP contribution >= 0.6 is 11.6 Å². The van der Waals surface area contributed by atoms with Gasteiger partial charge in [0.15, 0.2) is 0 Å². The summed E-state index contributed by atoms with van der Waals surface area (Å²) in [6, 6.07) is 11.2. The average Bonchev–Trinajstić information content (AvgIpc) is 2.69. The zero-order chi connectivity index (χ0) is 21.1. The minimum absolute atomic E-state index is 0.0342. The van der Waals surface area contributed by atoms with Gasteiger partial charge < -0.3 is 10.0 Å². The maximum atomic E-state index is 12.7. The van der Waals surface area contributed by atoms with Gasteiger partial charge in [0.25, 0.3) is 5.69 Å². The number of carboxylic acids is 1. The van der Waals surface area contributed by atoms with Gasteiger partial charge in [-0.05, 0) is 17.7 Å². The SMILES string of the molecule is O=C(O)C(Cc1ccccc1)N1CCN(c2cc(Cl)ccc2[N+](=O)[O-])C(=O)C1=O. The lowest BCUT2D eigenvalue weighted by atomic mass is 10.0. The quantitative estimate of drug-likeness (QED) is 0.436. The highest BCUT2D eigenvalue weighted by Crippen LogP contribution is 2.32. The number of nitro groups is 1. The number of carboxylic acid groups (broad SMARTS) is 1. The number of nitro benzene ring substituents is 1. The zero-order valence-corrected chi connectivity index (χ0v) is 15.8. The second-order valence-electron chi connectivity index (χ2n) is 6.39. The molecular formula is C19H16ClN3O6. The molecule has 1 saturated heterocycles. The predicted octanol–water partition coefficient (Wildman–Crippen LogP) is 2.12. The lowest BCUT2D eigenvalue weighted by molar-refractivity contribution is -0.384. The lowest BCUT2D eigenvalue weighted by Crippen LogP contribution is -2.59. The molecule has 0 bridgehead atoms. The molecule has 2 aromatic carbocycles. The van der Waals surface area contributed by atoms with Crippen LogP contribution in [0.4, 0.5) is 11.4 Å². The van der Waals surface area contributed by atoms with E-state index in [2.05, 4.69) is 0 Å². The molecule has 2 amide bonds. The first kappa shape index (κ1) is 20.3. The standard InChI is InChI=1S/C19H16ClN3O6/c20-13-6-7-14(23(28)29)15(11-13)21-8-9-22(18(25)17(21)24)16(19(26)27)10-12-4-2-1-3-5-12/h1-7,11,16H,8-10H2,(H,26,27). The molecule has 9 nitrogen and oxygen atoms in total. The molecule has 1 atom stereocenters. The Labute approximate surface area is 170 Å². The molecule has 3 rings (SSSR count). The molecule has 10 heteroatoms. The minimum atomic E-state index is -1.24. The van der Waals surface area contributed by atoms with Crippen LogP contribution < -0.4 is 4.90 Å². The van der Waals surface area contributed by atoms with Crippen molar-refractivity contribution in [2.24, 2.45) is 0 Å². The minimum Gasteiger partial charge on any atom is -0.480 e. The number of benzene rings is 2. The van der Waals surface area contributed by atoms with Crippen molar-refractivity contribution in [1.29, 1.82) is 0 Å². The van der Waals surface area contributed by atoms with E-state index in [1.807, 2.05) is 0 Å². The molecule has 150 valence electrons. The number of nitrogens with zero attached hydrogens (tertiary/aromatic N) is 3. The number of carbonyl (C=O) groups excluding carboxylic acids is 2. The van der Waals surface area contributed by atoms with Crippen molar-refractivity contribution in [2.45, 2.75) is 12.5 Å². The van der Waals surface area contributed by atoms with Gasteiger partial charge in [-0.2, -0.15) is 0 Å². The monoisotopic (exact) mass is 417 g/mol. The number of aliphatic carboxylic acids is 1. The van der Waals surface area contributed by atoms with Gasteiger partial charge in [0.2, 0.25) is 0 Å². The fourth-order valence-corrected chi connectivity index (χ4v) is 3.38.